The highest BCUT2D eigenvalue weighted by molar-refractivity contribution is 5.80. The molecule has 2 aromatic carbocycles. The van der Waals surface area contributed by atoms with Gasteiger partial charge >= 0.3 is 12.3 Å². The molecule has 8 heteroatoms. The third-order valence-electron chi connectivity index (χ3n) is 5.38. The Bertz CT molecular complexity index is 916. The van der Waals surface area contributed by atoms with Crippen LogP contribution in [0.25, 0.3) is 0 Å². The second kappa shape index (κ2) is 8.77. The van der Waals surface area contributed by atoms with Gasteiger partial charge in [0, 0.05) is 31.5 Å². The summed E-state index contributed by atoms with van der Waals surface area (Å²) in [7, 11) is 0. The zero-order chi connectivity index (χ0) is 21.9. The van der Waals surface area contributed by atoms with Gasteiger partial charge in [-0.1, -0.05) is 42.0 Å². The Balaban J connectivity index is 1.75. The molecule has 0 radical (unpaired) electrons. The number of nitrogens with one attached hydrogen (secondary N) is 1. The van der Waals surface area contributed by atoms with Crippen LogP contribution in [0.5, 0.6) is 0 Å². The molecule has 2 unspecified atom stereocenters. The fourth-order valence-corrected chi connectivity index (χ4v) is 3.93. The molecule has 2 aromatic rings. The van der Waals surface area contributed by atoms with E-state index in [0.717, 1.165) is 17.7 Å². The van der Waals surface area contributed by atoms with Crippen molar-refractivity contribution in [3.63, 3.8) is 0 Å². The summed E-state index contributed by atoms with van der Waals surface area (Å²) in [6.45, 7) is 1.98. The first-order valence-corrected chi connectivity index (χ1v) is 9.63. The summed E-state index contributed by atoms with van der Waals surface area (Å²) in [4.78, 5) is 25.6. The van der Waals surface area contributed by atoms with Gasteiger partial charge in [0.15, 0.2) is 0 Å². The number of rotatable bonds is 4. The first-order valence-electron chi connectivity index (χ1n) is 9.63. The van der Waals surface area contributed by atoms with E-state index < -0.39 is 23.8 Å². The maximum Gasteiger partial charge on any atom is 0.416 e. The predicted octanol–water partition coefficient (Wildman–Crippen LogP) is 4.41. The highest BCUT2D eigenvalue weighted by Gasteiger charge is 2.36. The standard InChI is InChI=1S/C22H23F3N2O3/c1-14-9-15(11-17(10-14)22(23,24)25)12-26-20(28)18-7-8-27(21(29)30)13-19(18)16-5-3-2-4-6-16/h2-6,9-11,18-19H,7-8,12-13H2,1H3,(H,26,28)(H,29,30). The molecule has 0 aromatic heterocycles. The number of carbonyl (C=O) groups excluding carboxylic acids is 1. The van der Waals surface area contributed by atoms with Gasteiger partial charge in [-0.25, -0.2) is 4.79 Å². The van der Waals surface area contributed by atoms with Crippen molar-refractivity contribution in [1.82, 2.24) is 10.2 Å². The maximum absolute atomic E-state index is 13.0. The Kier molecular flexibility index (Phi) is 6.34. The van der Waals surface area contributed by atoms with Crippen molar-refractivity contribution in [2.45, 2.75) is 32.0 Å². The van der Waals surface area contributed by atoms with Gasteiger partial charge in [-0.3, -0.25) is 4.79 Å². The van der Waals surface area contributed by atoms with E-state index in [1.54, 1.807) is 13.0 Å². The highest BCUT2D eigenvalue weighted by Crippen LogP contribution is 2.33. The lowest BCUT2D eigenvalue weighted by atomic mass is 9.80. The molecule has 2 atom stereocenters. The zero-order valence-corrected chi connectivity index (χ0v) is 16.4. The second-order valence-corrected chi connectivity index (χ2v) is 7.56. The van der Waals surface area contributed by atoms with Gasteiger partial charge in [0.25, 0.3) is 0 Å². The first kappa shape index (κ1) is 21.7. The van der Waals surface area contributed by atoms with Crippen LogP contribution in [0.4, 0.5) is 18.0 Å². The number of carboxylic acid groups (broad SMARTS) is 1. The van der Waals surface area contributed by atoms with E-state index in [1.165, 1.54) is 4.90 Å². The van der Waals surface area contributed by atoms with Crippen molar-refractivity contribution in [1.29, 1.82) is 0 Å². The SMILES string of the molecule is Cc1cc(CNC(=O)C2CCN(C(=O)O)CC2c2ccccc2)cc(C(F)(F)F)c1. The van der Waals surface area contributed by atoms with Crippen LogP contribution in [0.15, 0.2) is 48.5 Å². The summed E-state index contributed by atoms with van der Waals surface area (Å²) in [6.07, 6.45) is -5.14. The van der Waals surface area contributed by atoms with Crippen LogP contribution < -0.4 is 5.32 Å². The molecule has 5 nitrogen and oxygen atoms in total. The van der Waals surface area contributed by atoms with Crippen LogP contribution in [-0.2, 0) is 17.5 Å². The van der Waals surface area contributed by atoms with Gasteiger partial charge in [-0.2, -0.15) is 13.2 Å². The molecule has 0 aliphatic carbocycles. The molecule has 1 aliphatic heterocycles. The van der Waals surface area contributed by atoms with Gasteiger partial charge in [-0.05, 0) is 36.6 Å². The number of nitrogens with zero attached hydrogens (tertiary/aromatic N) is 1. The monoisotopic (exact) mass is 420 g/mol. The number of halogens is 3. The lowest BCUT2D eigenvalue weighted by Gasteiger charge is -2.36. The average molecular weight is 420 g/mol. The van der Waals surface area contributed by atoms with E-state index in [9.17, 15) is 27.9 Å². The van der Waals surface area contributed by atoms with Crippen LogP contribution in [-0.4, -0.2) is 35.1 Å². The van der Waals surface area contributed by atoms with Gasteiger partial charge in [-0.15, -0.1) is 0 Å². The molecule has 1 aliphatic rings. The van der Waals surface area contributed by atoms with Crippen molar-refractivity contribution in [2.75, 3.05) is 13.1 Å². The molecule has 1 fully saturated rings. The summed E-state index contributed by atoms with van der Waals surface area (Å²) >= 11 is 0. The molecule has 1 heterocycles. The van der Waals surface area contributed by atoms with E-state index in [0.29, 0.717) is 17.5 Å². The minimum absolute atomic E-state index is 0.0236. The predicted molar refractivity (Wildman–Crippen MR) is 105 cm³/mol. The molecule has 30 heavy (non-hydrogen) atoms. The van der Waals surface area contributed by atoms with E-state index in [1.807, 2.05) is 30.3 Å². The molecule has 160 valence electrons. The van der Waals surface area contributed by atoms with Crippen LogP contribution in [0, 0.1) is 12.8 Å². The number of likely N-dealkylation sites (tertiary alicyclic amines) is 1. The van der Waals surface area contributed by atoms with Gasteiger partial charge in [0.1, 0.15) is 0 Å². The van der Waals surface area contributed by atoms with Gasteiger partial charge in [0.2, 0.25) is 5.91 Å². The van der Waals surface area contributed by atoms with E-state index >= 15 is 0 Å². The van der Waals surface area contributed by atoms with E-state index in [2.05, 4.69) is 5.32 Å². The van der Waals surface area contributed by atoms with Crippen molar-refractivity contribution in [3.05, 3.63) is 70.8 Å². The number of hydrogen-bond acceptors (Lipinski definition) is 2. The minimum Gasteiger partial charge on any atom is -0.465 e. The van der Waals surface area contributed by atoms with Crippen LogP contribution >= 0.6 is 0 Å². The van der Waals surface area contributed by atoms with E-state index in [4.69, 9.17) is 0 Å². The summed E-state index contributed by atoms with van der Waals surface area (Å²) in [5.41, 5.74) is 0.947. The summed E-state index contributed by atoms with van der Waals surface area (Å²) in [5, 5.41) is 12.1. The molecule has 3 rings (SSSR count). The van der Waals surface area contributed by atoms with Crippen molar-refractivity contribution < 1.29 is 27.9 Å². The van der Waals surface area contributed by atoms with Crippen LogP contribution in [0.3, 0.4) is 0 Å². The lowest BCUT2D eigenvalue weighted by molar-refractivity contribution is -0.137. The average Bonchev–Trinajstić information content (AvgIpc) is 2.71. The van der Waals surface area contributed by atoms with Crippen LogP contribution in [0.1, 0.15) is 34.6 Å². The number of aryl methyl sites for hydroxylation is 1. The normalized spacial score (nSPS) is 19.4. The Hall–Kier alpha value is -3.03. The van der Waals surface area contributed by atoms with E-state index in [-0.39, 0.29) is 31.5 Å². The molecular weight excluding hydrogens is 397 g/mol. The third kappa shape index (κ3) is 5.11. The molecule has 0 saturated carbocycles. The van der Waals surface area contributed by atoms with Gasteiger partial charge < -0.3 is 15.3 Å². The van der Waals surface area contributed by atoms with Crippen molar-refractivity contribution in [3.8, 4) is 0 Å². The number of hydrogen-bond donors (Lipinski definition) is 2. The summed E-state index contributed by atoms with van der Waals surface area (Å²) < 4.78 is 39.1. The number of amides is 2. The Morgan fingerprint density at radius 2 is 1.87 bits per heavy atom. The number of alkyl halides is 3. The smallest absolute Gasteiger partial charge is 0.416 e. The molecule has 0 spiro atoms. The fraction of sp³-hybridized carbons (Fsp3) is 0.364. The van der Waals surface area contributed by atoms with Crippen molar-refractivity contribution in [2.24, 2.45) is 5.92 Å². The highest BCUT2D eigenvalue weighted by atomic mass is 19.4. The Morgan fingerprint density at radius 3 is 2.50 bits per heavy atom. The zero-order valence-electron chi connectivity index (χ0n) is 16.4. The Labute approximate surface area is 172 Å². The fourth-order valence-electron chi connectivity index (χ4n) is 3.93. The quantitative estimate of drug-likeness (QED) is 0.770. The number of carbonyl (C=O) groups is 2. The molecule has 0 bridgehead atoms. The molecular formula is C22H23F3N2O3. The molecule has 1 saturated heterocycles. The third-order valence-corrected chi connectivity index (χ3v) is 5.38. The first-order chi connectivity index (χ1) is 14.1. The van der Waals surface area contributed by atoms with Crippen LogP contribution in [0.2, 0.25) is 0 Å². The largest absolute Gasteiger partial charge is 0.465 e. The van der Waals surface area contributed by atoms with Crippen molar-refractivity contribution >= 4 is 12.0 Å². The second-order valence-electron chi connectivity index (χ2n) is 7.56. The Morgan fingerprint density at radius 1 is 1.17 bits per heavy atom. The number of piperidine rings is 1. The lowest BCUT2D eigenvalue weighted by Crippen LogP contribution is -2.46. The van der Waals surface area contributed by atoms with Gasteiger partial charge in [0.05, 0.1) is 5.56 Å². The number of benzene rings is 2. The topological polar surface area (TPSA) is 69.6 Å². The maximum atomic E-state index is 13.0. The minimum atomic E-state index is -4.45. The molecule has 2 amide bonds. The molecule has 2 N–H and O–H groups in total. The summed E-state index contributed by atoms with van der Waals surface area (Å²) in [5.74, 6) is -1.07. The summed E-state index contributed by atoms with van der Waals surface area (Å²) in [6, 6.07) is 12.9.